The third-order valence-corrected chi connectivity index (χ3v) is 2.58. The van der Waals surface area contributed by atoms with E-state index in [1.807, 2.05) is 38.1 Å². The summed E-state index contributed by atoms with van der Waals surface area (Å²) in [6, 6.07) is 0.164. The average molecular weight is 220 g/mol. The van der Waals surface area contributed by atoms with E-state index in [1.54, 1.807) is 10.9 Å². The van der Waals surface area contributed by atoms with Crippen molar-refractivity contribution in [1.82, 2.24) is 29.9 Å². The predicted molar refractivity (Wildman–Crippen MR) is 59.7 cm³/mol. The molecule has 0 aliphatic carbocycles. The predicted octanol–water partition coefficient (Wildman–Crippen LogP) is 0.0518. The standard InChI is InChI=1S/C10H16N6/c1-11-9(10-12-4-5-15(10)2)6-8-7-16(3)14-13-8/h4-5,7,9,11H,6H2,1-3H3. The number of likely N-dealkylation sites (N-methyl/N-ethyl adjacent to an activating group) is 1. The van der Waals surface area contributed by atoms with Crippen molar-refractivity contribution in [3.05, 3.63) is 30.1 Å². The molecule has 0 saturated heterocycles. The van der Waals surface area contributed by atoms with Gasteiger partial charge in [-0.1, -0.05) is 5.21 Å². The molecule has 1 unspecified atom stereocenters. The number of imidazole rings is 1. The summed E-state index contributed by atoms with van der Waals surface area (Å²) in [5, 5.41) is 11.2. The van der Waals surface area contributed by atoms with Gasteiger partial charge in [-0.15, -0.1) is 5.10 Å². The molecule has 0 bridgehead atoms. The minimum Gasteiger partial charge on any atom is -0.337 e. The molecule has 6 nitrogen and oxygen atoms in total. The molecule has 6 heteroatoms. The largest absolute Gasteiger partial charge is 0.337 e. The van der Waals surface area contributed by atoms with E-state index in [2.05, 4.69) is 20.6 Å². The summed E-state index contributed by atoms with van der Waals surface area (Å²) in [7, 11) is 5.78. The highest BCUT2D eigenvalue weighted by Gasteiger charge is 2.15. The summed E-state index contributed by atoms with van der Waals surface area (Å²) in [4.78, 5) is 4.34. The fourth-order valence-corrected chi connectivity index (χ4v) is 1.73. The number of hydrogen-bond donors (Lipinski definition) is 1. The van der Waals surface area contributed by atoms with Crippen LogP contribution in [0.4, 0.5) is 0 Å². The van der Waals surface area contributed by atoms with Gasteiger partial charge in [-0.05, 0) is 7.05 Å². The Hall–Kier alpha value is -1.69. The molecule has 1 atom stereocenters. The van der Waals surface area contributed by atoms with Gasteiger partial charge >= 0.3 is 0 Å². The van der Waals surface area contributed by atoms with Crippen LogP contribution >= 0.6 is 0 Å². The molecule has 86 valence electrons. The molecule has 1 N–H and O–H groups in total. The highest BCUT2D eigenvalue weighted by molar-refractivity contribution is 5.05. The fraction of sp³-hybridized carbons (Fsp3) is 0.500. The van der Waals surface area contributed by atoms with Crippen LogP contribution in [-0.4, -0.2) is 31.6 Å². The second-order valence-corrected chi connectivity index (χ2v) is 3.83. The van der Waals surface area contributed by atoms with E-state index in [1.165, 1.54) is 0 Å². The Bertz CT molecular complexity index is 457. The quantitative estimate of drug-likeness (QED) is 0.791. The van der Waals surface area contributed by atoms with Gasteiger partial charge in [0.2, 0.25) is 0 Å². The van der Waals surface area contributed by atoms with Gasteiger partial charge in [-0.2, -0.15) is 0 Å². The zero-order valence-electron chi connectivity index (χ0n) is 9.75. The van der Waals surface area contributed by atoms with Gasteiger partial charge in [0.1, 0.15) is 5.82 Å². The lowest BCUT2D eigenvalue weighted by Crippen LogP contribution is -2.22. The second kappa shape index (κ2) is 4.44. The Labute approximate surface area is 94.3 Å². The first-order valence-electron chi connectivity index (χ1n) is 5.20. The lowest BCUT2D eigenvalue weighted by atomic mass is 10.1. The van der Waals surface area contributed by atoms with E-state index in [-0.39, 0.29) is 6.04 Å². The Morgan fingerprint density at radius 2 is 2.25 bits per heavy atom. The van der Waals surface area contributed by atoms with E-state index in [9.17, 15) is 0 Å². The van der Waals surface area contributed by atoms with Gasteiger partial charge in [-0.25, -0.2) is 4.98 Å². The van der Waals surface area contributed by atoms with Gasteiger partial charge in [0, 0.05) is 39.1 Å². The van der Waals surface area contributed by atoms with Crippen molar-refractivity contribution >= 4 is 0 Å². The number of nitrogens with zero attached hydrogens (tertiary/aromatic N) is 5. The Morgan fingerprint density at radius 1 is 1.44 bits per heavy atom. The minimum absolute atomic E-state index is 0.164. The molecule has 2 heterocycles. The monoisotopic (exact) mass is 220 g/mol. The van der Waals surface area contributed by atoms with Crippen molar-refractivity contribution in [1.29, 1.82) is 0 Å². The molecule has 0 aliphatic heterocycles. The second-order valence-electron chi connectivity index (χ2n) is 3.83. The lowest BCUT2D eigenvalue weighted by molar-refractivity contribution is 0.532. The first kappa shape index (κ1) is 10.8. The maximum Gasteiger partial charge on any atom is 0.125 e. The molecule has 0 fully saturated rings. The highest BCUT2D eigenvalue weighted by atomic mass is 15.4. The first-order chi connectivity index (χ1) is 7.70. The third-order valence-electron chi connectivity index (χ3n) is 2.58. The van der Waals surface area contributed by atoms with Crippen LogP contribution in [0.15, 0.2) is 18.6 Å². The van der Waals surface area contributed by atoms with Gasteiger partial charge in [0.25, 0.3) is 0 Å². The van der Waals surface area contributed by atoms with Crippen LogP contribution in [0.2, 0.25) is 0 Å². The molecular weight excluding hydrogens is 204 g/mol. The number of nitrogens with one attached hydrogen (secondary N) is 1. The third kappa shape index (κ3) is 2.11. The molecule has 0 amide bonds. The molecule has 0 saturated carbocycles. The summed E-state index contributed by atoms with van der Waals surface area (Å²) in [5.74, 6) is 1.01. The maximum absolute atomic E-state index is 4.34. The van der Waals surface area contributed by atoms with Gasteiger partial charge in [-0.3, -0.25) is 4.68 Å². The van der Waals surface area contributed by atoms with Crippen LogP contribution in [0.1, 0.15) is 17.6 Å². The molecule has 0 spiro atoms. The van der Waals surface area contributed by atoms with E-state index in [0.29, 0.717) is 0 Å². The number of aryl methyl sites for hydroxylation is 2. The van der Waals surface area contributed by atoms with Crippen LogP contribution in [0.3, 0.4) is 0 Å². The van der Waals surface area contributed by atoms with E-state index in [0.717, 1.165) is 17.9 Å². The van der Waals surface area contributed by atoms with Crippen LogP contribution in [0.5, 0.6) is 0 Å². The van der Waals surface area contributed by atoms with Crippen molar-refractivity contribution in [2.24, 2.45) is 14.1 Å². The fourth-order valence-electron chi connectivity index (χ4n) is 1.73. The minimum atomic E-state index is 0.164. The van der Waals surface area contributed by atoms with Crippen molar-refractivity contribution in [2.45, 2.75) is 12.5 Å². The zero-order chi connectivity index (χ0) is 11.5. The highest BCUT2D eigenvalue weighted by Crippen LogP contribution is 2.14. The maximum atomic E-state index is 4.34. The molecule has 0 radical (unpaired) electrons. The first-order valence-corrected chi connectivity index (χ1v) is 5.20. The topological polar surface area (TPSA) is 60.6 Å². The number of aromatic nitrogens is 5. The lowest BCUT2D eigenvalue weighted by Gasteiger charge is -2.14. The summed E-state index contributed by atoms with van der Waals surface area (Å²) >= 11 is 0. The average Bonchev–Trinajstić information content (AvgIpc) is 2.84. The smallest absolute Gasteiger partial charge is 0.125 e. The molecule has 16 heavy (non-hydrogen) atoms. The van der Waals surface area contributed by atoms with Crippen molar-refractivity contribution in [3.63, 3.8) is 0 Å². The summed E-state index contributed by atoms with van der Waals surface area (Å²) in [6.45, 7) is 0. The van der Waals surface area contributed by atoms with E-state index >= 15 is 0 Å². The van der Waals surface area contributed by atoms with Gasteiger partial charge in [0.15, 0.2) is 0 Å². The van der Waals surface area contributed by atoms with E-state index in [4.69, 9.17) is 0 Å². The Balaban J connectivity index is 2.15. The van der Waals surface area contributed by atoms with Crippen LogP contribution in [0.25, 0.3) is 0 Å². The number of hydrogen-bond acceptors (Lipinski definition) is 4. The van der Waals surface area contributed by atoms with Crippen LogP contribution in [-0.2, 0) is 20.5 Å². The Kier molecular flexibility index (Phi) is 3.00. The summed E-state index contributed by atoms with van der Waals surface area (Å²) in [6.07, 6.45) is 6.45. The van der Waals surface area contributed by atoms with E-state index < -0.39 is 0 Å². The van der Waals surface area contributed by atoms with Crippen LogP contribution < -0.4 is 5.32 Å². The van der Waals surface area contributed by atoms with Crippen LogP contribution in [0, 0.1) is 0 Å². The number of rotatable bonds is 4. The van der Waals surface area contributed by atoms with Gasteiger partial charge in [0.05, 0.1) is 11.7 Å². The zero-order valence-corrected chi connectivity index (χ0v) is 9.75. The molecule has 2 rings (SSSR count). The van der Waals surface area contributed by atoms with Crippen molar-refractivity contribution in [2.75, 3.05) is 7.05 Å². The molecule has 2 aromatic heterocycles. The van der Waals surface area contributed by atoms with Crippen molar-refractivity contribution < 1.29 is 0 Å². The van der Waals surface area contributed by atoms with Gasteiger partial charge < -0.3 is 9.88 Å². The van der Waals surface area contributed by atoms with Crippen molar-refractivity contribution in [3.8, 4) is 0 Å². The molecule has 0 aromatic carbocycles. The molecular formula is C10H16N6. The summed E-state index contributed by atoms with van der Waals surface area (Å²) in [5.41, 5.74) is 0.963. The normalized spacial score (nSPS) is 12.9. The Morgan fingerprint density at radius 3 is 2.75 bits per heavy atom. The summed E-state index contributed by atoms with van der Waals surface area (Å²) < 4.78 is 3.72. The molecule has 2 aromatic rings. The SMILES string of the molecule is CNC(Cc1cn(C)nn1)c1nccn1C. The molecule has 0 aliphatic rings.